The van der Waals surface area contributed by atoms with Gasteiger partial charge in [-0.3, -0.25) is 9.59 Å². The predicted molar refractivity (Wildman–Crippen MR) is 105 cm³/mol. The third kappa shape index (κ3) is 5.44. The summed E-state index contributed by atoms with van der Waals surface area (Å²) in [6.07, 6.45) is 2.31. The van der Waals surface area contributed by atoms with E-state index in [1.807, 2.05) is 31.2 Å². The number of benzene rings is 2. The van der Waals surface area contributed by atoms with Gasteiger partial charge in [0, 0.05) is 24.1 Å². The van der Waals surface area contributed by atoms with Crippen LogP contribution in [-0.4, -0.2) is 23.4 Å². The maximum atomic E-state index is 12.1. The van der Waals surface area contributed by atoms with Crippen LogP contribution >= 0.6 is 0 Å². The Labute approximate surface area is 162 Å². The van der Waals surface area contributed by atoms with Crippen LogP contribution in [0.25, 0.3) is 11.3 Å². The van der Waals surface area contributed by atoms with Crippen LogP contribution in [0.1, 0.15) is 17.9 Å². The maximum Gasteiger partial charge on any atom is 0.255 e. The number of primary amides is 1. The molecule has 7 heteroatoms. The van der Waals surface area contributed by atoms with Gasteiger partial charge in [0.1, 0.15) is 5.75 Å². The summed E-state index contributed by atoms with van der Waals surface area (Å²) in [6, 6.07) is 14.7. The van der Waals surface area contributed by atoms with Gasteiger partial charge in [-0.2, -0.15) is 0 Å². The lowest BCUT2D eigenvalue weighted by Gasteiger charge is -2.07. The number of hydrogen-bond acceptors (Lipinski definition) is 5. The van der Waals surface area contributed by atoms with E-state index in [2.05, 4.69) is 10.3 Å². The fourth-order valence-corrected chi connectivity index (χ4v) is 2.51. The predicted octanol–water partition coefficient (Wildman–Crippen LogP) is 3.09. The van der Waals surface area contributed by atoms with Crippen molar-refractivity contribution in [3.8, 4) is 17.1 Å². The summed E-state index contributed by atoms with van der Waals surface area (Å²) in [5.41, 5.74) is 7.78. The van der Waals surface area contributed by atoms with Gasteiger partial charge in [0.05, 0.1) is 6.20 Å². The fourth-order valence-electron chi connectivity index (χ4n) is 2.51. The van der Waals surface area contributed by atoms with E-state index in [1.165, 1.54) is 5.56 Å². The third-order valence-electron chi connectivity index (χ3n) is 3.97. The van der Waals surface area contributed by atoms with Crippen molar-refractivity contribution >= 4 is 17.5 Å². The molecule has 3 N–H and O–H groups in total. The molecule has 0 unspecified atom stereocenters. The minimum atomic E-state index is -0.547. The molecule has 0 saturated carbocycles. The number of nitrogens with zero attached hydrogens (tertiary/aromatic N) is 1. The summed E-state index contributed by atoms with van der Waals surface area (Å²) in [7, 11) is 0. The van der Waals surface area contributed by atoms with Crippen LogP contribution in [0, 0.1) is 6.92 Å². The van der Waals surface area contributed by atoms with Gasteiger partial charge in [0.25, 0.3) is 5.91 Å². The molecule has 0 aliphatic carbocycles. The number of hydrogen-bond donors (Lipinski definition) is 2. The molecular weight excluding hydrogens is 358 g/mol. The lowest BCUT2D eigenvalue weighted by Crippen LogP contribution is -2.20. The first-order chi connectivity index (χ1) is 13.5. The SMILES string of the molecule is Cc1ccc(-c2cnc(CCC(=O)Nc3ccc(OCC(N)=O)cc3)o2)cc1. The topological polar surface area (TPSA) is 107 Å². The molecule has 28 heavy (non-hydrogen) atoms. The molecule has 3 aromatic rings. The molecule has 0 radical (unpaired) electrons. The second kappa shape index (κ2) is 8.85. The van der Waals surface area contributed by atoms with Crippen molar-refractivity contribution in [3.63, 3.8) is 0 Å². The van der Waals surface area contributed by atoms with Gasteiger partial charge < -0.3 is 20.2 Å². The molecule has 2 amide bonds. The first kappa shape index (κ1) is 19.2. The Bertz CT molecular complexity index is 947. The number of ether oxygens (including phenoxy) is 1. The van der Waals surface area contributed by atoms with Crippen molar-refractivity contribution in [1.29, 1.82) is 0 Å². The molecule has 1 aromatic heterocycles. The van der Waals surface area contributed by atoms with E-state index in [4.69, 9.17) is 14.9 Å². The second-order valence-electron chi connectivity index (χ2n) is 6.31. The monoisotopic (exact) mass is 379 g/mol. The normalized spacial score (nSPS) is 10.5. The number of nitrogens with two attached hydrogens (primary N) is 1. The van der Waals surface area contributed by atoms with E-state index in [1.54, 1.807) is 30.5 Å². The zero-order valence-corrected chi connectivity index (χ0v) is 15.5. The zero-order valence-electron chi connectivity index (χ0n) is 15.5. The van der Waals surface area contributed by atoms with E-state index < -0.39 is 5.91 Å². The maximum absolute atomic E-state index is 12.1. The number of oxazole rings is 1. The number of anilines is 1. The lowest BCUT2D eigenvalue weighted by molar-refractivity contribution is -0.120. The highest BCUT2D eigenvalue weighted by Crippen LogP contribution is 2.21. The average molecular weight is 379 g/mol. The van der Waals surface area contributed by atoms with Crippen LogP contribution < -0.4 is 15.8 Å². The van der Waals surface area contributed by atoms with Gasteiger partial charge in [0.15, 0.2) is 18.3 Å². The molecule has 7 nitrogen and oxygen atoms in total. The Hall–Kier alpha value is -3.61. The summed E-state index contributed by atoms with van der Waals surface area (Å²) in [5, 5.41) is 2.79. The number of nitrogens with one attached hydrogen (secondary N) is 1. The smallest absolute Gasteiger partial charge is 0.255 e. The minimum Gasteiger partial charge on any atom is -0.484 e. The average Bonchev–Trinajstić information content (AvgIpc) is 3.15. The first-order valence-electron chi connectivity index (χ1n) is 8.82. The number of carbonyl (C=O) groups excluding carboxylic acids is 2. The van der Waals surface area contributed by atoms with Crippen LogP contribution in [0.15, 0.2) is 59.1 Å². The number of aromatic nitrogens is 1. The highest BCUT2D eigenvalue weighted by atomic mass is 16.5. The summed E-state index contributed by atoms with van der Waals surface area (Å²) in [5.74, 6) is 0.999. The quantitative estimate of drug-likeness (QED) is 0.625. The van der Waals surface area contributed by atoms with Crippen LogP contribution in [0.4, 0.5) is 5.69 Å². The second-order valence-corrected chi connectivity index (χ2v) is 6.31. The largest absolute Gasteiger partial charge is 0.484 e. The van der Waals surface area contributed by atoms with E-state index in [0.29, 0.717) is 29.5 Å². The van der Waals surface area contributed by atoms with Crippen molar-refractivity contribution < 1.29 is 18.7 Å². The van der Waals surface area contributed by atoms with Gasteiger partial charge in [-0.05, 0) is 31.2 Å². The Kier molecular flexibility index (Phi) is 6.06. The summed E-state index contributed by atoms with van der Waals surface area (Å²) < 4.78 is 10.9. The number of rotatable bonds is 8. The highest BCUT2D eigenvalue weighted by Gasteiger charge is 2.09. The number of amides is 2. The van der Waals surface area contributed by atoms with Crippen molar-refractivity contribution in [2.45, 2.75) is 19.8 Å². The van der Waals surface area contributed by atoms with Gasteiger partial charge >= 0.3 is 0 Å². The molecule has 0 spiro atoms. The van der Waals surface area contributed by atoms with Crippen LogP contribution in [0.3, 0.4) is 0 Å². The number of aryl methyl sites for hydroxylation is 2. The Balaban J connectivity index is 1.49. The van der Waals surface area contributed by atoms with Crippen molar-refractivity contribution in [2.75, 3.05) is 11.9 Å². The Morgan fingerprint density at radius 1 is 1.11 bits per heavy atom. The Morgan fingerprint density at radius 2 is 1.82 bits per heavy atom. The van der Waals surface area contributed by atoms with Gasteiger partial charge in [-0.1, -0.05) is 29.8 Å². The molecule has 0 saturated heterocycles. The zero-order chi connectivity index (χ0) is 19.9. The van der Waals surface area contributed by atoms with Gasteiger partial charge in [-0.15, -0.1) is 0 Å². The van der Waals surface area contributed by atoms with Crippen molar-refractivity contribution in [1.82, 2.24) is 4.98 Å². The summed E-state index contributed by atoms with van der Waals surface area (Å²) in [6.45, 7) is 1.84. The molecular formula is C21H21N3O4. The minimum absolute atomic E-state index is 0.152. The van der Waals surface area contributed by atoms with E-state index in [9.17, 15) is 9.59 Å². The molecule has 144 valence electrons. The van der Waals surface area contributed by atoms with E-state index >= 15 is 0 Å². The highest BCUT2D eigenvalue weighted by molar-refractivity contribution is 5.90. The lowest BCUT2D eigenvalue weighted by atomic mass is 10.1. The van der Waals surface area contributed by atoms with Gasteiger partial charge in [-0.25, -0.2) is 4.98 Å². The van der Waals surface area contributed by atoms with E-state index in [0.717, 1.165) is 5.56 Å². The summed E-state index contributed by atoms with van der Waals surface area (Å²) in [4.78, 5) is 27.1. The molecule has 0 atom stereocenters. The van der Waals surface area contributed by atoms with Crippen LogP contribution in [0.2, 0.25) is 0 Å². The molecule has 3 rings (SSSR count). The molecule has 0 bridgehead atoms. The molecule has 0 aliphatic rings. The van der Waals surface area contributed by atoms with Gasteiger partial charge in [0.2, 0.25) is 5.91 Å². The molecule has 1 heterocycles. The van der Waals surface area contributed by atoms with Crippen molar-refractivity contribution in [2.24, 2.45) is 5.73 Å². The molecule has 0 aliphatic heterocycles. The molecule has 0 fully saturated rings. The molecule has 2 aromatic carbocycles. The summed E-state index contributed by atoms with van der Waals surface area (Å²) >= 11 is 0. The van der Waals surface area contributed by atoms with Crippen LogP contribution in [0.5, 0.6) is 5.75 Å². The third-order valence-corrected chi connectivity index (χ3v) is 3.97. The van der Waals surface area contributed by atoms with E-state index in [-0.39, 0.29) is 18.9 Å². The first-order valence-corrected chi connectivity index (χ1v) is 8.82. The number of carbonyl (C=O) groups is 2. The van der Waals surface area contributed by atoms with Crippen LogP contribution in [-0.2, 0) is 16.0 Å². The Morgan fingerprint density at radius 3 is 2.50 bits per heavy atom. The fraction of sp³-hybridized carbons (Fsp3) is 0.190. The van der Waals surface area contributed by atoms with Crippen molar-refractivity contribution in [3.05, 3.63) is 66.2 Å². The standard InChI is InChI=1S/C21H21N3O4/c1-14-2-4-15(5-3-14)18-12-23-21(28-18)11-10-20(26)24-16-6-8-17(9-7-16)27-13-19(22)25/h2-9,12H,10-11,13H2,1H3,(H2,22,25)(H,24,26).